The molecule has 3 heterocycles. The van der Waals surface area contributed by atoms with Gasteiger partial charge in [-0.3, -0.25) is 4.79 Å². The number of carbonyl (C=O) groups is 1. The first kappa shape index (κ1) is 25.2. The average Bonchev–Trinajstić information content (AvgIpc) is 2.91. The fourth-order valence-electron chi connectivity index (χ4n) is 4.13. The number of nitrogens with zero attached hydrogens (tertiary/aromatic N) is 5. The van der Waals surface area contributed by atoms with Crippen LogP contribution in [0.3, 0.4) is 0 Å². The molecule has 0 bridgehead atoms. The van der Waals surface area contributed by atoms with E-state index in [0.29, 0.717) is 60.9 Å². The first-order valence-electron chi connectivity index (χ1n) is 12.0. The minimum atomic E-state index is -0.921. The van der Waals surface area contributed by atoms with E-state index in [9.17, 15) is 4.79 Å². The second-order valence-corrected chi connectivity index (χ2v) is 8.37. The van der Waals surface area contributed by atoms with Crippen molar-refractivity contribution in [3.8, 4) is 23.1 Å². The molecule has 9 heteroatoms. The van der Waals surface area contributed by atoms with Crippen LogP contribution in [0, 0.1) is 23.5 Å². The molecule has 0 atom stereocenters. The number of carbonyl (C=O) groups excluding carboxylic acids is 1. The van der Waals surface area contributed by atoms with Crippen molar-refractivity contribution in [2.45, 2.75) is 20.3 Å². The molecule has 3 aromatic rings. The molecule has 1 saturated heterocycles. The number of aromatic nitrogens is 3. The number of pyridine rings is 1. The lowest BCUT2D eigenvalue weighted by Crippen LogP contribution is -2.48. The first-order chi connectivity index (χ1) is 17.4. The quantitative estimate of drug-likeness (QED) is 0.551. The van der Waals surface area contributed by atoms with Gasteiger partial charge >= 0.3 is 0 Å². The molecule has 0 unspecified atom stereocenters. The number of nitrogens with one attached hydrogen (secondary N) is 1. The number of piperazine rings is 1. The van der Waals surface area contributed by atoms with E-state index in [1.807, 2.05) is 19.9 Å². The summed E-state index contributed by atoms with van der Waals surface area (Å²) in [5.41, 5.74) is 1.77. The lowest BCUT2D eigenvalue weighted by molar-refractivity contribution is 0.0634. The van der Waals surface area contributed by atoms with Crippen LogP contribution in [0.1, 0.15) is 41.0 Å². The fraction of sp³-hybridized carbons (Fsp3) is 0.333. The maximum absolute atomic E-state index is 15.2. The summed E-state index contributed by atoms with van der Waals surface area (Å²) in [6.07, 6.45) is 3.54. The lowest BCUT2D eigenvalue weighted by Gasteiger charge is -2.34. The zero-order valence-corrected chi connectivity index (χ0v) is 20.6. The van der Waals surface area contributed by atoms with Crippen molar-refractivity contribution in [2.75, 3.05) is 45.1 Å². The smallest absolute Gasteiger partial charge is 0.259 e. The third-order valence-electron chi connectivity index (χ3n) is 6.25. The zero-order valence-electron chi connectivity index (χ0n) is 20.6. The standard InChI is InChI=1S/C27H28F2N6O/c1-4-23-20(8-6-18-7-9-24(30-3)31-16-18)26(33-17-32-23)19-14-21(28)25(22(29)15-19)27(36)35-12-10-34(5-2)11-13-35/h7,9,14-17H,4-5,10-13H2,1-3H3,(H,30,31). The average molecular weight is 491 g/mol. The van der Waals surface area contributed by atoms with Crippen molar-refractivity contribution >= 4 is 11.7 Å². The van der Waals surface area contributed by atoms with Crippen LogP contribution >= 0.6 is 0 Å². The summed E-state index contributed by atoms with van der Waals surface area (Å²) in [6.45, 7) is 7.07. The van der Waals surface area contributed by atoms with Gasteiger partial charge in [-0.05, 0) is 37.2 Å². The molecular formula is C27H28F2N6O. The molecule has 7 nitrogen and oxygen atoms in total. The van der Waals surface area contributed by atoms with Crippen LogP contribution in [0.25, 0.3) is 11.3 Å². The first-order valence-corrected chi connectivity index (χ1v) is 12.0. The maximum Gasteiger partial charge on any atom is 0.259 e. The molecule has 0 spiro atoms. The van der Waals surface area contributed by atoms with Crippen LogP contribution < -0.4 is 5.32 Å². The number of likely N-dealkylation sites (N-methyl/N-ethyl adjacent to an activating group) is 1. The van der Waals surface area contributed by atoms with Gasteiger partial charge in [0, 0.05) is 50.6 Å². The van der Waals surface area contributed by atoms with Gasteiger partial charge in [0.1, 0.15) is 29.3 Å². The predicted octanol–water partition coefficient (Wildman–Crippen LogP) is 3.60. The van der Waals surface area contributed by atoms with Gasteiger partial charge in [-0.2, -0.15) is 0 Å². The van der Waals surface area contributed by atoms with Crippen LogP contribution in [-0.2, 0) is 6.42 Å². The van der Waals surface area contributed by atoms with E-state index < -0.39 is 23.1 Å². The highest BCUT2D eigenvalue weighted by Crippen LogP contribution is 2.28. The summed E-state index contributed by atoms with van der Waals surface area (Å²) < 4.78 is 30.4. The van der Waals surface area contributed by atoms with Crippen LogP contribution in [0.4, 0.5) is 14.6 Å². The Hall–Kier alpha value is -3.90. The summed E-state index contributed by atoms with van der Waals surface area (Å²) in [4.78, 5) is 29.4. The van der Waals surface area contributed by atoms with Crippen molar-refractivity contribution in [2.24, 2.45) is 0 Å². The molecule has 1 aliphatic rings. The Labute approximate surface area is 209 Å². The van der Waals surface area contributed by atoms with Crippen LogP contribution in [-0.4, -0.2) is 70.4 Å². The number of halogens is 2. The summed E-state index contributed by atoms with van der Waals surface area (Å²) in [5, 5.41) is 2.95. The molecule has 0 aliphatic carbocycles. The van der Waals surface area contributed by atoms with Gasteiger partial charge in [0.25, 0.3) is 5.91 Å². The van der Waals surface area contributed by atoms with E-state index in [4.69, 9.17) is 0 Å². The molecule has 1 N–H and O–H groups in total. The van der Waals surface area contributed by atoms with Crippen molar-refractivity contribution in [1.82, 2.24) is 24.8 Å². The van der Waals surface area contributed by atoms with E-state index in [2.05, 4.69) is 37.0 Å². The number of rotatable bonds is 5. The zero-order chi connectivity index (χ0) is 25.7. The van der Waals surface area contributed by atoms with Crippen LogP contribution in [0.2, 0.25) is 0 Å². The van der Waals surface area contributed by atoms with E-state index >= 15 is 8.78 Å². The second kappa shape index (κ2) is 11.2. The van der Waals surface area contributed by atoms with Crippen molar-refractivity contribution in [1.29, 1.82) is 0 Å². The molecule has 1 aliphatic heterocycles. The van der Waals surface area contributed by atoms with Gasteiger partial charge in [-0.15, -0.1) is 0 Å². The van der Waals surface area contributed by atoms with Gasteiger partial charge in [-0.1, -0.05) is 25.7 Å². The van der Waals surface area contributed by atoms with Gasteiger partial charge in [0.15, 0.2) is 0 Å². The van der Waals surface area contributed by atoms with Gasteiger partial charge < -0.3 is 15.1 Å². The Bertz CT molecular complexity index is 1290. The van der Waals surface area contributed by atoms with Crippen molar-refractivity contribution in [3.05, 3.63) is 70.8 Å². The van der Waals surface area contributed by atoms with E-state index in [-0.39, 0.29) is 5.56 Å². The van der Waals surface area contributed by atoms with Gasteiger partial charge in [0.05, 0.1) is 17.0 Å². The van der Waals surface area contributed by atoms with Gasteiger partial charge in [0.2, 0.25) is 0 Å². The number of hydrogen-bond donors (Lipinski definition) is 1. The molecule has 2 aromatic heterocycles. The molecule has 186 valence electrons. The largest absolute Gasteiger partial charge is 0.373 e. The third kappa shape index (κ3) is 5.34. The Morgan fingerprint density at radius 2 is 1.75 bits per heavy atom. The second-order valence-electron chi connectivity index (χ2n) is 8.37. The SMILES string of the molecule is CCc1ncnc(-c2cc(F)c(C(=O)N3CCN(CC)CC3)c(F)c2)c1C#Cc1ccc(NC)nc1. The Kier molecular flexibility index (Phi) is 7.86. The Morgan fingerprint density at radius 3 is 2.33 bits per heavy atom. The lowest BCUT2D eigenvalue weighted by atomic mass is 10.0. The maximum atomic E-state index is 15.2. The number of anilines is 1. The van der Waals surface area contributed by atoms with E-state index in [0.717, 1.165) is 18.7 Å². The molecule has 0 radical (unpaired) electrons. The minimum Gasteiger partial charge on any atom is -0.373 e. The predicted molar refractivity (Wildman–Crippen MR) is 135 cm³/mol. The molecule has 1 amide bonds. The molecule has 4 rings (SSSR count). The number of aryl methyl sites for hydroxylation is 1. The Morgan fingerprint density at radius 1 is 1.03 bits per heavy atom. The monoisotopic (exact) mass is 490 g/mol. The molecule has 1 aromatic carbocycles. The fourth-order valence-corrected chi connectivity index (χ4v) is 4.13. The number of hydrogen-bond acceptors (Lipinski definition) is 6. The normalized spacial score (nSPS) is 13.8. The molecule has 1 fully saturated rings. The van der Waals surface area contributed by atoms with Crippen molar-refractivity contribution in [3.63, 3.8) is 0 Å². The minimum absolute atomic E-state index is 0.197. The summed E-state index contributed by atoms with van der Waals surface area (Å²) in [7, 11) is 1.78. The topological polar surface area (TPSA) is 74.2 Å². The summed E-state index contributed by atoms with van der Waals surface area (Å²) in [6, 6.07) is 5.92. The third-order valence-corrected chi connectivity index (χ3v) is 6.25. The van der Waals surface area contributed by atoms with Crippen LogP contribution in [0.5, 0.6) is 0 Å². The Balaban J connectivity index is 1.68. The molecule has 36 heavy (non-hydrogen) atoms. The summed E-state index contributed by atoms with van der Waals surface area (Å²) in [5.74, 6) is 4.33. The molecular weight excluding hydrogens is 462 g/mol. The van der Waals surface area contributed by atoms with Gasteiger partial charge in [-0.25, -0.2) is 23.7 Å². The van der Waals surface area contributed by atoms with E-state index in [1.54, 1.807) is 19.3 Å². The highest BCUT2D eigenvalue weighted by Gasteiger charge is 2.27. The molecule has 0 saturated carbocycles. The highest BCUT2D eigenvalue weighted by atomic mass is 19.1. The highest BCUT2D eigenvalue weighted by molar-refractivity contribution is 5.95. The van der Waals surface area contributed by atoms with Crippen LogP contribution in [0.15, 0.2) is 36.8 Å². The number of amides is 1. The van der Waals surface area contributed by atoms with Crippen molar-refractivity contribution < 1.29 is 13.6 Å². The van der Waals surface area contributed by atoms with E-state index in [1.165, 1.54) is 11.2 Å². The number of benzene rings is 1. The summed E-state index contributed by atoms with van der Waals surface area (Å²) >= 11 is 0.